The normalized spacial score (nSPS) is 27.2. The Hall–Kier alpha value is -3.79. The van der Waals surface area contributed by atoms with Gasteiger partial charge in [-0.15, -0.1) is 0 Å². The van der Waals surface area contributed by atoms with Gasteiger partial charge in [0.1, 0.15) is 12.1 Å². The number of carbonyl (C=O) groups excluding carboxylic acids is 4. The number of fused-ring (bicyclic) bond motifs is 4. The zero-order chi connectivity index (χ0) is 29.2. The van der Waals surface area contributed by atoms with E-state index >= 15 is 0 Å². The van der Waals surface area contributed by atoms with Gasteiger partial charge in [0.05, 0.1) is 22.7 Å². The molecule has 3 amide bonds. The molecule has 2 aliphatic heterocycles. The first-order valence-electron chi connectivity index (χ1n) is 13.8. The van der Waals surface area contributed by atoms with E-state index in [1.807, 2.05) is 43.3 Å². The number of rotatable bonds is 1. The van der Waals surface area contributed by atoms with Crippen molar-refractivity contribution in [1.82, 2.24) is 26.1 Å². The average molecular weight is 550 g/mol. The first kappa shape index (κ1) is 29.2. The standard InChI is InChI=1S/C30H39N5O5/c1-17(2)25-27(37)32-19(4)28(38)35-15-7-8-23(34-35)26(36)31-18(3)22-12-11-21-10-9-20(16-24(21)33-22)13-14-30(5,6)29(39)40-25/h9-14,16-19,23,25,34H,7-8,15H2,1-6H3,(H,31,36)(H,32,37)/b14-13+/t18-,19+,23+,25+/m1/s1. The van der Waals surface area contributed by atoms with Gasteiger partial charge < -0.3 is 15.4 Å². The Morgan fingerprint density at radius 1 is 1.00 bits per heavy atom. The quantitative estimate of drug-likeness (QED) is 0.466. The number of pyridine rings is 1. The lowest BCUT2D eigenvalue weighted by Gasteiger charge is -2.35. The third-order valence-corrected chi connectivity index (χ3v) is 7.35. The predicted molar refractivity (Wildman–Crippen MR) is 151 cm³/mol. The summed E-state index contributed by atoms with van der Waals surface area (Å²) in [6.45, 7) is 10.9. The predicted octanol–water partition coefficient (Wildman–Crippen LogP) is 3.03. The van der Waals surface area contributed by atoms with Crippen LogP contribution in [-0.4, -0.2) is 58.4 Å². The van der Waals surface area contributed by atoms with Crippen LogP contribution >= 0.6 is 0 Å². The summed E-state index contributed by atoms with van der Waals surface area (Å²) in [6.07, 6.45) is 3.67. The Morgan fingerprint density at radius 2 is 1.70 bits per heavy atom. The van der Waals surface area contributed by atoms with Crippen LogP contribution in [0.4, 0.5) is 0 Å². The van der Waals surface area contributed by atoms with Crippen LogP contribution in [0, 0.1) is 11.3 Å². The summed E-state index contributed by atoms with van der Waals surface area (Å²) in [5.74, 6) is -2.04. The van der Waals surface area contributed by atoms with Crippen molar-refractivity contribution in [3.63, 3.8) is 0 Å². The molecule has 2 aliphatic rings. The highest BCUT2D eigenvalue weighted by molar-refractivity contribution is 5.91. The van der Waals surface area contributed by atoms with Gasteiger partial charge in [0, 0.05) is 11.9 Å². The van der Waals surface area contributed by atoms with Crippen molar-refractivity contribution in [2.45, 2.75) is 78.6 Å². The van der Waals surface area contributed by atoms with E-state index in [4.69, 9.17) is 9.72 Å². The number of esters is 1. The van der Waals surface area contributed by atoms with Crippen molar-refractivity contribution >= 4 is 40.7 Å². The maximum Gasteiger partial charge on any atom is 0.316 e. The fourth-order valence-electron chi connectivity index (χ4n) is 4.74. The number of hydrogen-bond donors (Lipinski definition) is 3. The van der Waals surface area contributed by atoms with Gasteiger partial charge in [-0.1, -0.05) is 44.2 Å². The molecule has 2 aromatic rings. The smallest absolute Gasteiger partial charge is 0.316 e. The molecule has 0 saturated carbocycles. The second-order valence-corrected chi connectivity index (χ2v) is 11.6. The number of ether oxygens (including phenoxy) is 1. The van der Waals surface area contributed by atoms with Crippen molar-refractivity contribution in [1.29, 1.82) is 0 Å². The van der Waals surface area contributed by atoms with Gasteiger partial charge in [-0.2, -0.15) is 0 Å². The van der Waals surface area contributed by atoms with Crippen LogP contribution in [0.2, 0.25) is 0 Å². The molecular weight excluding hydrogens is 510 g/mol. The van der Waals surface area contributed by atoms with Crippen LogP contribution in [0.3, 0.4) is 0 Å². The van der Waals surface area contributed by atoms with Crippen LogP contribution in [0.15, 0.2) is 36.4 Å². The summed E-state index contributed by atoms with van der Waals surface area (Å²) in [5, 5.41) is 8.03. The van der Waals surface area contributed by atoms with Gasteiger partial charge in [-0.05, 0) is 64.2 Å². The maximum absolute atomic E-state index is 13.2. The zero-order valence-electron chi connectivity index (χ0n) is 24.0. The minimum absolute atomic E-state index is 0.236. The number of cyclic esters (lactones) is 1. The Balaban J connectivity index is 1.70. The molecular formula is C30H39N5O5. The Bertz CT molecular complexity index is 1340. The van der Waals surface area contributed by atoms with E-state index in [1.165, 1.54) is 5.01 Å². The SMILES string of the molecule is CC(C)[C@@H]1OC(=O)C(C)(C)/C=C/c2ccc3ccc(nc3c2)[C@@H](C)NC(=O)[C@@H]2CCCN(N2)C(=O)[C@H](C)NC1=O. The fraction of sp³-hybridized carbons (Fsp3) is 0.500. The summed E-state index contributed by atoms with van der Waals surface area (Å²) in [4.78, 5) is 57.5. The largest absolute Gasteiger partial charge is 0.451 e. The molecule has 4 rings (SSSR count). The summed E-state index contributed by atoms with van der Waals surface area (Å²) >= 11 is 0. The van der Waals surface area contributed by atoms with E-state index in [-0.39, 0.29) is 23.8 Å². The second kappa shape index (κ2) is 11.8. The van der Waals surface area contributed by atoms with Crippen molar-refractivity contribution in [2.24, 2.45) is 11.3 Å². The number of amides is 3. The van der Waals surface area contributed by atoms with Crippen molar-refractivity contribution in [2.75, 3.05) is 6.54 Å². The second-order valence-electron chi connectivity index (χ2n) is 11.6. The highest BCUT2D eigenvalue weighted by atomic mass is 16.5. The molecule has 3 N–H and O–H groups in total. The van der Waals surface area contributed by atoms with E-state index < -0.39 is 35.5 Å². The van der Waals surface area contributed by atoms with E-state index in [0.29, 0.717) is 25.1 Å². The molecule has 0 radical (unpaired) electrons. The molecule has 4 atom stereocenters. The first-order chi connectivity index (χ1) is 18.9. The number of hydrogen-bond acceptors (Lipinski definition) is 7. The highest BCUT2D eigenvalue weighted by Gasteiger charge is 2.36. The molecule has 0 spiro atoms. The van der Waals surface area contributed by atoms with Crippen LogP contribution in [0.1, 0.15) is 71.7 Å². The van der Waals surface area contributed by atoms with E-state index in [2.05, 4.69) is 16.1 Å². The number of aromatic nitrogens is 1. The number of benzene rings is 1. The Morgan fingerprint density at radius 3 is 2.42 bits per heavy atom. The molecule has 10 heteroatoms. The third kappa shape index (κ3) is 6.50. The topological polar surface area (TPSA) is 130 Å². The molecule has 0 aliphatic carbocycles. The van der Waals surface area contributed by atoms with Gasteiger partial charge in [0.15, 0.2) is 6.10 Å². The van der Waals surface area contributed by atoms with Gasteiger partial charge >= 0.3 is 5.97 Å². The van der Waals surface area contributed by atoms with E-state index in [9.17, 15) is 19.2 Å². The number of carbonyl (C=O) groups is 4. The van der Waals surface area contributed by atoms with Crippen molar-refractivity contribution in [3.8, 4) is 0 Å². The lowest BCUT2D eigenvalue weighted by atomic mass is 9.92. The van der Waals surface area contributed by atoms with Gasteiger partial charge in [0.25, 0.3) is 11.8 Å². The lowest BCUT2D eigenvalue weighted by molar-refractivity contribution is -0.165. The summed E-state index contributed by atoms with van der Waals surface area (Å²) in [7, 11) is 0. The van der Waals surface area contributed by atoms with E-state index in [0.717, 1.165) is 16.5 Å². The maximum atomic E-state index is 13.2. The third-order valence-electron chi connectivity index (χ3n) is 7.35. The summed E-state index contributed by atoms with van der Waals surface area (Å²) in [6, 6.07) is 7.78. The molecule has 214 valence electrons. The van der Waals surface area contributed by atoms with Crippen LogP contribution in [-0.2, 0) is 23.9 Å². The minimum Gasteiger partial charge on any atom is -0.451 e. The molecule has 40 heavy (non-hydrogen) atoms. The minimum atomic E-state index is -1.08. The van der Waals surface area contributed by atoms with Crippen LogP contribution in [0.5, 0.6) is 0 Å². The monoisotopic (exact) mass is 549 g/mol. The fourth-order valence-corrected chi connectivity index (χ4v) is 4.74. The molecule has 1 saturated heterocycles. The van der Waals surface area contributed by atoms with Gasteiger partial charge in [0.2, 0.25) is 5.91 Å². The Labute approximate surface area is 234 Å². The van der Waals surface area contributed by atoms with Crippen molar-refractivity contribution in [3.05, 3.63) is 47.7 Å². The van der Waals surface area contributed by atoms with Crippen LogP contribution in [0.25, 0.3) is 17.0 Å². The molecule has 0 unspecified atom stereocenters. The van der Waals surface area contributed by atoms with Crippen molar-refractivity contribution < 1.29 is 23.9 Å². The lowest BCUT2D eigenvalue weighted by Crippen LogP contribution is -2.61. The number of nitrogens with one attached hydrogen (secondary N) is 3. The molecule has 3 heterocycles. The average Bonchev–Trinajstić information content (AvgIpc) is 2.92. The number of nitrogens with zero attached hydrogens (tertiary/aromatic N) is 2. The van der Waals surface area contributed by atoms with Gasteiger partial charge in [-0.3, -0.25) is 29.2 Å². The highest BCUT2D eigenvalue weighted by Crippen LogP contribution is 2.25. The molecule has 5 bridgehead atoms. The molecule has 1 aromatic carbocycles. The summed E-state index contributed by atoms with van der Waals surface area (Å²) in [5.41, 5.74) is 4.30. The molecule has 10 nitrogen and oxygen atoms in total. The summed E-state index contributed by atoms with van der Waals surface area (Å²) < 4.78 is 5.70. The molecule has 1 aromatic heterocycles. The van der Waals surface area contributed by atoms with Crippen LogP contribution < -0.4 is 16.1 Å². The van der Waals surface area contributed by atoms with Gasteiger partial charge in [-0.25, -0.2) is 5.43 Å². The molecule has 1 fully saturated rings. The zero-order valence-corrected chi connectivity index (χ0v) is 24.0. The first-order valence-corrected chi connectivity index (χ1v) is 13.8. The Kier molecular flexibility index (Phi) is 8.58. The van der Waals surface area contributed by atoms with E-state index in [1.54, 1.807) is 40.7 Å². The number of hydrazine groups is 1.